The number of hydrogen-bond acceptors (Lipinski definition) is 20. The average Bonchev–Trinajstić information content (AvgIpc) is 3.07. The highest BCUT2D eigenvalue weighted by atomic mass is 32.2. The lowest BCUT2D eigenvalue weighted by Crippen LogP contribution is -2.03. The number of phenolic OH excluding ortho intramolecular Hbond substituents is 2. The van der Waals surface area contributed by atoms with E-state index in [9.17, 15) is 23.2 Å². The van der Waals surface area contributed by atoms with Crippen LogP contribution in [0.1, 0.15) is 23.3 Å². The zero-order valence-corrected chi connectivity index (χ0v) is 29.7. The summed E-state index contributed by atoms with van der Waals surface area (Å²) < 4.78 is 39.3. The fraction of sp³-hybridized carbons (Fsp3) is 0.161. The lowest BCUT2D eigenvalue weighted by molar-refractivity contribution is -0.432. The maximum atomic E-state index is 12.4. The van der Waals surface area contributed by atoms with Gasteiger partial charge in [0.05, 0.1) is 16.9 Å². The minimum atomic E-state index is -4.90. The molecule has 6 aromatic rings. The van der Waals surface area contributed by atoms with Gasteiger partial charge in [0, 0.05) is 22.1 Å². The van der Waals surface area contributed by atoms with Gasteiger partial charge in [0.1, 0.15) is 39.6 Å². The Labute approximate surface area is 304 Å². The van der Waals surface area contributed by atoms with Gasteiger partial charge in [-0.05, 0) is 87.0 Å². The van der Waals surface area contributed by atoms with E-state index in [2.05, 4.69) is 70.4 Å². The van der Waals surface area contributed by atoms with Gasteiger partial charge in [-0.15, -0.1) is 14.6 Å². The molecule has 0 fully saturated rings. The second-order valence-electron chi connectivity index (χ2n) is 11.1. The van der Waals surface area contributed by atoms with Crippen molar-refractivity contribution in [3.05, 3.63) is 71.8 Å². The standard InChI is InChI=1S/C31H28N12O8S2/c1-14-34-15(2)37-30(36-14)40-20-5-7-22-18(9-20)11-24(52-51-50-46)26(28(22)44)42-32-13-33-43-27-25(53(47,48)49)12-19-10-21(6-8-23(19)29(27)45)41-31-38-16(3)35-17(4)39-31/h5-12,44-46H,13H2,1-4H3,(H,47,48,49)(H,34,36,37,40)(H,35,38,39,41). The van der Waals surface area contributed by atoms with Crippen LogP contribution in [-0.2, 0) is 19.5 Å². The van der Waals surface area contributed by atoms with Gasteiger partial charge < -0.3 is 20.8 Å². The molecule has 22 heteroatoms. The summed E-state index contributed by atoms with van der Waals surface area (Å²) in [6.45, 7) is 6.38. The zero-order chi connectivity index (χ0) is 37.9. The molecule has 6 rings (SSSR count). The van der Waals surface area contributed by atoms with Gasteiger partial charge in [0.25, 0.3) is 10.1 Å². The third-order valence-electron chi connectivity index (χ3n) is 7.23. The number of aromatic hydroxyl groups is 2. The van der Waals surface area contributed by atoms with Gasteiger partial charge in [-0.25, -0.2) is 15.2 Å². The maximum Gasteiger partial charge on any atom is 0.296 e. The second-order valence-corrected chi connectivity index (χ2v) is 13.2. The van der Waals surface area contributed by atoms with E-state index in [0.29, 0.717) is 63.4 Å². The second kappa shape index (κ2) is 15.3. The molecule has 53 heavy (non-hydrogen) atoms. The first kappa shape index (κ1) is 36.7. The third-order valence-corrected chi connectivity index (χ3v) is 8.72. The van der Waals surface area contributed by atoms with E-state index in [0.717, 1.165) is 6.07 Å². The van der Waals surface area contributed by atoms with Crippen molar-refractivity contribution >= 4 is 78.4 Å². The predicted molar refractivity (Wildman–Crippen MR) is 191 cm³/mol. The number of aryl methyl sites for hydroxylation is 4. The van der Waals surface area contributed by atoms with E-state index < -0.39 is 33.1 Å². The summed E-state index contributed by atoms with van der Waals surface area (Å²) in [5, 5.41) is 57.7. The van der Waals surface area contributed by atoms with Gasteiger partial charge in [-0.3, -0.25) is 4.55 Å². The molecule has 0 aliphatic carbocycles. The molecule has 2 aromatic heterocycles. The third kappa shape index (κ3) is 8.54. The molecule has 0 unspecified atom stereocenters. The van der Waals surface area contributed by atoms with Gasteiger partial charge in [0.15, 0.2) is 18.2 Å². The zero-order valence-electron chi connectivity index (χ0n) is 28.0. The van der Waals surface area contributed by atoms with Crippen LogP contribution in [0, 0.1) is 27.7 Å². The summed E-state index contributed by atoms with van der Waals surface area (Å²) in [5.74, 6) is 1.76. The maximum absolute atomic E-state index is 12.4. The number of hydrogen-bond donors (Lipinski definition) is 6. The Hall–Kier alpha value is -6.04. The molecule has 0 saturated heterocycles. The molecule has 0 spiro atoms. The van der Waals surface area contributed by atoms with E-state index in [1.54, 1.807) is 58.0 Å². The van der Waals surface area contributed by atoms with E-state index >= 15 is 0 Å². The molecule has 0 aliphatic rings. The first-order valence-corrected chi connectivity index (χ1v) is 17.4. The first-order chi connectivity index (χ1) is 25.3. The van der Waals surface area contributed by atoms with E-state index in [4.69, 9.17) is 5.26 Å². The fourth-order valence-corrected chi connectivity index (χ4v) is 6.35. The molecule has 4 aromatic carbocycles. The molecular formula is C31H28N12O8S2. The molecule has 2 heterocycles. The Bertz CT molecular complexity index is 2520. The van der Waals surface area contributed by atoms with E-state index in [1.807, 2.05) is 0 Å². The number of nitrogens with zero attached hydrogens (tertiary/aromatic N) is 10. The SMILES string of the molecule is Cc1nc(C)nc(Nc2ccc3c(O)c(N=NCN=Nc4c(S(=O)(=O)O)cc5cc(Nc6nc(C)nc(C)n6)ccc5c4O)c(SOOO)cc3c2)n1. The molecule has 0 atom stereocenters. The Morgan fingerprint density at radius 1 is 0.698 bits per heavy atom. The van der Waals surface area contributed by atoms with Crippen molar-refractivity contribution in [2.24, 2.45) is 20.5 Å². The number of phenols is 2. The van der Waals surface area contributed by atoms with Gasteiger partial charge >= 0.3 is 0 Å². The van der Waals surface area contributed by atoms with Crippen molar-refractivity contribution in [1.29, 1.82) is 0 Å². The molecule has 0 saturated carbocycles. The molecule has 0 amide bonds. The van der Waals surface area contributed by atoms with Crippen LogP contribution in [-0.4, -0.2) is 65.0 Å². The van der Waals surface area contributed by atoms with Crippen molar-refractivity contribution in [2.75, 3.05) is 17.3 Å². The monoisotopic (exact) mass is 760 g/mol. The molecular weight excluding hydrogens is 733 g/mol. The van der Waals surface area contributed by atoms with Crippen LogP contribution >= 0.6 is 12.0 Å². The summed E-state index contributed by atoms with van der Waals surface area (Å²) in [5.41, 5.74) is 0.434. The topological polar surface area (TPSA) is 284 Å². The minimum absolute atomic E-state index is 0.0850. The highest BCUT2D eigenvalue weighted by Gasteiger charge is 2.22. The van der Waals surface area contributed by atoms with Gasteiger partial charge in [-0.2, -0.15) is 38.6 Å². The Morgan fingerprint density at radius 3 is 1.66 bits per heavy atom. The van der Waals surface area contributed by atoms with Gasteiger partial charge in [0.2, 0.25) is 11.9 Å². The van der Waals surface area contributed by atoms with Crippen LogP contribution in [0.25, 0.3) is 21.5 Å². The first-order valence-electron chi connectivity index (χ1n) is 15.2. The Kier molecular flexibility index (Phi) is 10.6. The van der Waals surface area contributed by atoms with Crippen LogP contribution in [0.2, 0.25) is 0 Å². The number of anilines is 4. The molecule has 20 nitrogen and oxygen atoms in total. The van der Waals surface area contributed by atoms with Crippen LogP contribution < -0.4 is 10.6 Å². The number of azo groups is 2. The van der Waals surface area contributed by atoms with Crippen LogP contribution in [0.5, 0.6) is 11.5 Å². The smallest absolute Gasteiger partial charge is 0.296 e. The van der Waals surface area contributed by atoms with Crippen molar-refractivity contribution in [3.63, 3.8) is 0 Å². The number of fused-ring (bicyclic) bond motifs is 2. The quantitative estimate of drug-likeness (QED) is 0.0241. The summed E-state index contributed by atoms with van der Waals surface area (Å²) in [6, 6.07) is 12.4. The van der Waals surface area contributed by atoms with E-state index in [1.165, 1.54) is 12.1 Å². The van der Waals surface area contributed by atoms with Gasteiger partial charge in [-0.1, -0.05) is 5.04 Å². The average molecular weight is 761 g/mol. The number of nitrogens with one attached hydrogen (secondary N) is 2. The highest BCUT2D eigenvalue weighted by Crippen LogP contribution is 2.45. The number of benzene rings is 4. The summed E-state index contributed by atoms with van der Waals surface area (Å²) in [7, 11) is -4.90. The lowest BCUT2D eigenvalue weighted by atomic mass is 10.1. The fourth-order valence-electron chi connectivity index (χ4n) is 5.20. The number of aromatic nitrogens is 6. The van der Waals surface area contributed by atoms with Crippen molar-refractivity contribution < 1.29 is 37.8 Å². The van der Waals surface area contributed by atoms with Crippen LogP contribution in [0.4, 0.5) is 34.6 Å². The molecule has 6 N–H and O–H groups in total. The molecule has 0 radical (unpaired) electrons. The van der Waals surface area contributed by atoms with Crippen molar-refractivity contribution in [1.82, 2.24) is 29.9 Å². The normalized spacial score (nSPS) is 12.0. The lowest BCUT2D eigenvalue weighted by Gasteiger charge is -2.11. The number of rotatable bonds is 12. The van der Waals surface area contributed by atoms with Crippen molar-refractivity contribution in [3.8, 4) is 11.5 Å². The Morgan fingerprint density at radius 2 is 1.17 bits per heavy atom. The molecule has 0 bridgehead atoms. The van der Waals surface area contributed by atoms with Crippen molar-refractivity contribution in [2.45, 2.75) is 37.5 Å². The minimum Gasteiger partial charge on any atom is -0.505 e. The summed E-state index contributed by atoms with van der Waals surface area (Å²) >= 11 is 0.525. The predicted octanol–water partition coefficient (Wildman–Crippen LogP) is 7.00. The van der Waals surface area contributed by atoms with Crippen LogP contribution in [0.3, 0.4) is 0 Å². The largest absolute Gasteiger partial charge is 0.505 e. The Balaban J connectivity index is 1.26. The van der Waals surface area contributed by atoms with E-state index in [-0.39, 0.29) is 33.1 Å². The van der Waals surface area contributed by atoms with Crippen LogP contribution in [0.15, 0.2) is 78.8 Å². The highest BCUT2D eigenvalue weighted by molar-refractivity contribution is 7.94. The molecule has 272 valence electrons. The molecule has 0 aliphatic heterocycles. The summed E-state index contributed by atoms with van der Waals surface area (Å²) in [4.78, 5) is 24.7. The summed E-state index contributed by atoms with van der Waals surface area (Å²) in [6.07, 6.45) is 0.